The van der Waals surface area contributed by atoms with Gasteiger partial charge < -0.3 is 10.5 Å². The van der Waals surface area contributed by atoms with Gasteiger partial charge in [-0.15, -0.1) is 0 Å². The molecule has 4 nitrogen and oxygen atoms in total. The maximum absolute atomic E-state index is 12.4. The van der Waals surface area contributed by atoms with E-state index in [2.05, 4.69) is 6.92 Å². The number of hydrogen-bond donors (Lipinski definition) is 1. The Morgan fingerprint density at radius 1 is 0.880 bits per heavy atom. The first-order chi connectivity index (χ1) is 12.2. The van der Waals surface area contributed by atoms with Crippen LogP contribution in [-0.4, -0.2) is 18.3 Å². The van der Waals surface area contributed by atoms with E-state index in [1.165, 1.54) is 25.7 Å². The number of unbranched alkanes of at least 4 members (excludes halogenated alkanes) is 7. The number of ether oxygens (including phenoxy) is 1. The van der Waals surface area contributed by atoms with Crippen molar-refractivity contribution in [3.63, 3.8) is 0 Å². The summed E-state index contributed by atoms with van der Waals surface area (Å²) in [5.41, 5.74) is 5.96. The van der Waals surface area contributed by atoms with E-state index in [-0.39, 0.29) is 11.8 Å². The molecular formula is C21H33NO3. The molecule has 0 aliphatic heterocycles. The summed E-state index contributed by atoms with van der Waals surface area (Å²) in [6, 6.07) is 7.05. The van der Waals surface area contributed by atoms with Gasteiger partial charge in [0.2, 0.25) is 0 Å². The number of carbonyl (C=O) groups excluding carboxylic acids is 2. The Labute approximate surface area is 152 Å². The Bertz CT molecular complexity index is 514. The molecule has 1 aromatic carbocycles. The summed E-state index contributed by atoms with van der Waals surface area (Å²) in [7, 11) is 0. The zero-order valence-electron chi connectivity index (χ0n) is 15.6. The highest BCUT2D eigenvalue weighted by atomic mass is 16.5. The minimum absolute atomic E-state index is 0.0574. The first-order valence-electron chi connectivity index (χ1n) is 9.72. The van der Waals surface area contributed by atoms with Gasteiger partial charge in [-0.3, -0.25) is 9.59 Å². The van der Waals surface area contributed by atoms with Gasteiger partial charge in [0.05, 0.1) is 5.56 Å². The zero-order chi connectivity index (χ0) is 18.3. The van der Waals surface area contributed by atoms with Crippen LogP contribution in [0.3, 0.4) is 0 Å². The summed E-state index contributed by atoms with van der Waals surface area (Å²) in [4.78, 5) is 24.4. The number of hydrogen-bond acceptors (Lipinski definition) is 4. The van der Waals surface area contributed by atoms with Crippen molar-refractivity contribution in [2.75, 3.05) is 6.54 Å². The van der Waals surface area contributed by atoms with E-state index in [4.69, 9.17) is 10.5 Å². The lowest BCUT2D eigenvalue weighted by Crippen LogP contribution is -2.11. The molecule has 0 spiro atoms. The van der Waals surface area contributed by atoms with Crippen LogP contribution in [0.5, 0.6) is 5.75 Å². The molecule has 0 unspecified atom stereocenters. The van der Waals surface area contributed by atoms with Crippen LogP contribution < -0.4 is 10.5 Å². The Hall–Kier alpha value is -1.68. The van der Waals surface area contributed by atoms with Crippen molar-refractivity contribution in [2.45, 2.75) is 77.6 Å². The van der Waals surface area contributed by atoms with Gasteiger partial charge in [-0.1, -0.05) is 57.6 Å². The maximum Gasteiger partial charge on any atom is 0.311 e. The van der Waals surface area contributed by atoms with Gasteiger partial charge in [0.15, 0.2) is 5.78 Å². The molecule has 0 bridgehead atoms. The summed E-state index contributed by atoms with van der Waals surface area (Å²) in [6.45, 7) is 2.84. The van der Waals surface area contributed by atoms with Crippen molar-refractivity contribution in [1.82, 2.24) is 0 Å². The molecular weight excluding hydrogens is 314 g/mol. The Morgan fingerprint density at radius 3 is 2.28 bits per heavy atom. The van der Waals surface area contributed by atoms with Gasteiger partial charge in [-0.2, -0.15) is 0 Å². The van der Waals surface area contributed by atoms with Gasteiger partial charge in [-0.25, -0.2) is 0 Å². The maximum atomic E-state index is 12.4. The minimum atomic E-state index is -0.281. The highest BCUT2D eigenvalue weighted by Gasteiger charge is 2.14. The minimum Gasteiger partial charge on any atom is -0.426 e. The van der Waals surface area contributed by atoms with E-state index in [1.807, 2.05) is 6.07 Å². The van der Waals surface area contributed by atoms with Crippen LogP contribution in [-0.2, 0) is 4.79 Å². The second-order valence-electron chi connectivity index (χ2n) is 6.51. The van der Waals surface area contributed by atoms with Crippen molar-refractivity contribution in [2.24, 2.45) is 5.73 Å². The Balaban J connectivity index is 2.43. The number of nitrogens with two attached hydrogens (primary N) is 1. The molecule has 4 heteroatoms. The average molecular weight is 347 g/mol. The quantitative estimate of drug-likeness (QED) is 0.221. The number of Topliss-reactive ketones (excluding diaryl/α,β-unsaturated/α-hetero) is 1. The van der Waals surface area contributed by atoms with E-state index in [1.54, 1.807) is 18.2 Å². The summed E-state index contributed by atoms with van der Waals surface area (Å²) < 4.78 is 5.42. The molecule has 1 rings (SSSR count). The van der Waals surface area contributed by atoms with Crippen molar-refractivity contribution in [1.29, 1.82) is 0 Å². The molecule has 2 N–H and O–H groups in total. The van der Waals surface area contributed by atoms with Gasteiger partial charge >= 0.3 is 5.97 Å². The lowest BCUT2D eigenvalue weighted by Gasteiger charge is -2.09. The fourth-order valence-corrected chi connectivity index (χ4v) is 2.75. The first kappa shape index (κ1) is 21.4. The second-order valence-corrected chi connectivity index (χ2v) is 6.51. The first-order valence-corrected chi connectivity index (χ1v) is 9.72. The second kappa shape index (κ2) is 13.6. The summed E-state index contributed by atoms with van der Waals surface area (Å²) in [5.74, 6) is 0.168. The number of benzene rings is 1. The third-order valence-electron chi connectivity index (χ3n) is 4.25. The number of para-hydroxylation sites is 1. The van der Waals surface area contributed by atoms with Crippen molar-refractivity contribution in [3.8, 4) is 5.75 Å². The van der Waals surface area contributed by atoms with Crippen LogP contribution in [0.15, 0.2) is 24.3 Å². The van der Waals surface area contributed by atoms with Crippen molar-refractivity contribution >= 4 is 11.8 Å². The van der Waals surface area contributed by atoms with Crippen molar-refractivity contribution < 1.29 is 14.3 Å². The van der Waals surface area contributed by atoms with Crippen molar-refractivity contribution in [3.05, 3.63) is 29.8 Å². The molecule has 0 fully saturated rings. The zero-order valence-corrected chi connectivity index (χ0v) is 15.6. The largest absolute Gasteiger partial charge is 0.426 e. The molecule has 0 saturated heterocycles. The molecule has 0 aromatic heterocycles. The van der Waals surface area contributed by atoms with E-state index < -0.39 is 0 Å². The number of carbonyl (C=O) groups is 2. The Kier molecular flexibility index (Phi) is 11.6. The molecule has 25 heavy (non-hydrogen) atoms. The standard InChI is InChI=1S/C21H33NO3/c1-2-3-4-5-6-8-14-19(23)18-13-10-11-15-20(18)25-21(24)16-9-7-12-17-22/h10-11,13,15H,2-9,12,14,16-17,22H2,1H3. The monoisotopic (exact) mass is 347 g/mol. The van der Waals surface area contributed by atoms with Gasteiger partial charge in [0.1, 0.15) is 5.75 Å². The van der Waals surface area contributed by atoms with Crippen LogP contribution in [0.1, 0.15) is 87.9 Å². The summed E-state index contributed by atoms with van der Waals surface area (Å²) in [6.07, 6.45) is 10.4. The van der Waals surface area contributed by atoms with Crippen LogP contribution in [0.2, 0.25) is 0 Å². The summed E-state index contributed by atoms with van der Waals surface area (Å²) in [5, 5.41) is 0. The topological polar surface area (TPSA) is 69.4 Å². The highest BCUT2D eigenvalue weighted by molar-refractivity contribution is 5.99. The van der Waals surface area contributed by atoms with Gasteiger partial charge in [0.25, 0.3) is 0 Å². The number of esters is 1. The van der Waals surface area contributed by atoms with Crippen LogP contribution >= 0.6 is 0 Å². The molecule has 0 aliphatic carbocycles. The van der Waals surface area contributed by atoms with Gasteiger partial charge in [-0.05, 0) is 37.9 Å². The van der Waals surface area contributed by atoms with E-state index in [9.17, 15) is 9.59 Å². The Morgan fingerprint density at radius 2 is 1.52 bits per heavy atom. The van der Waals surface area contributed by atoms with E-state index >= 15 is 0 Å². The third-order valence-corrected chi connectivity index (χ3v) is 4.25. The molecule has 1 aromatic rings. The molecule has 0 heterocycles. The number of rotatable bonds is 14. The smallest absolute Gasteiger partial charge is 0.311 e. The highest BCUT2D eigenvalue weighted by Crippen LogP contribution is 2.22. The molecule has 0 radical (unpaired) electrons. The normalized spacial score (nSPS) is 10.6. The average Bonchev–Trinajstić information content (AvgIpc) is 2.62. The van der Waals surface area contributed by atoms with Crippen LogP contribution in [0.25, 0.3) is 0 Å². The van der Waals surface area contributed by atoms with Gasteiger partial charge in [0, 0.05) is 12.8 Å². The number of ketones is 1. The predicted molar refractivity (Wildman–Crippen MR) is 102 cm³/mol. The molecule has 0 aliphatic rings. The fraction of sp³-hybridized carbons (Fsp3) is 0.619. The fourth-order valence-electron chi connectivity index (χ4n) is 2.75. The van der Waals surface area contributed by atoms with E-state index in [0.717, 1.165) is 32.1 Å². The molecule has 140 valence electrons. The third kappa shape index (κ3) is 9.40. The predicted octanol–water partition coefficient (Wildman–Crippen LogP) is 5.04. The SMILES string of the molecule is CCCCCCCCC(=O)c1ccccc1OC(=O)CCCCCN. The molecule has 0 amide bonds. The summed E-state index contributed by atoms with van der Waals surface area (Å²) >= 11 is 0. The molecule has 0 saturated carbocycles. The van der Waals surface area contributed by atoms with Crippen LogP contribution in [0, 0.1) is 0 Å². The lowest BCUT2D eigenvalue weighted by atomic mass is 10.0. The lowest BCUT2D eigenvalue weighted by molar-refractivity contribution is -0.134. The molecule has 0 atom stereocenters. The van der Waals surface area contributed by atoms with E-state index in [0.29, 0.717) is 30.7 Å². The van der Waals surface area contributed by atoms with Crippen LogP contribution in [0.4, 0.5) is 0 Å².